The van der Waals surface area contributed by atoms with Crippen molar-refractivity contribution >= 4 is 23.5 Å². The van der Waals surface area contributed by atoms with E-state index in [1.54, 1.807) is 0 Å². The molecular formula is C15H15N3O. The normalized spacial score (nSPS) is 10.9. The number of benzene rings is 2. The third-order valence-electron chi connectivity index (χ3n) is 2.66. The van der Waals surface area contributed by atoms with E-state index in [9.17, 15) is 4.79 Å². The van der Waals surface area contributed by atoms with E-state index < -0.39 is 0 Å². The van der Waals surface area contributed by atoms with Gasteiger partial charge in [-0.1, -0.05) is 36.4 Å². The van der Waals surface area contributed by atoms with Gasteiger partial charge in [0.15, 0.2) is 0 Å². The van der Waals surface area contributed by atoms with Gasteiger partial charge < -0.3 is 5.32 Å². The zero-order chi connectivity index (χ0) is 13.5. The Labute approximate surface area is 112 Å². The molecule has 0 saturated carbocycles. The molecule has 4 heteroatoms. The quantitative estimate of drug-likeness (QED) is 0.489. The van der Waals surface area contributed by atoms with Gasteiger partial charge >= 0.3 is 0 Å². The van der Waals surface area contributed by atoms with Gasteiger partial charge in [-0.25, -0.2) is 0 Å². The minimum absolute atomic E-state index is 0.663. The van der Waals surface area contributed by atoms with E-state index in [0.717, 1.165) is 22.6 Å². The molecule has 0 radical (unpaired) electrons. The molecule has 0 saturated heterocycles. The Bertz CT molecular complexity index is 579. The maximum Gasteiger partial charge on any atom is 0.211 e. The zero-order valence-corrected chi connectivity index (χ0v) is 10.6. The van der Waals surface area contributed by atoms with Crippen molar-refractivity contribution in [3.8, 4) is 0 Å². The second-order valence-corrected chi connectivity index (χ2v) is 3.98. The lowest BCUT2D eigenvalue weighted by atomic mass is 10.1. The highest BCUT2D eigenvalue weighted by atomic mass is 16.1. The van der Waals surface area contributed by atoms with Gasteiger partial charge in [-0.05, 0) is 25.1 Å². The van der Waals surface area contributed by atoms with Crippen molar-refractivity contribution in [2.24, 2.45) is 5.10 Å². The minimum atomic E-state index is 0.663. The van der Waals surface area contributed by atoms with Crippen LogP contribution in [0, 0.1) is 0 Å². The lowest BCUT2D eigenvalue weighted by Crippen LogP contribution is -2.05. The predicted molar refractivity (Wildman–Crippen MR) is 78.4 cm³/mol. The second-order valence-electron chi connectivity index (χ2n) is 3.98. The van der Waals surface area contributed by atoms with E-state index in [1.165, 1.54) is 0 Å². The van der Waals surface area contributed by atoms with Gasteiger partial charge in [-0.3, -0.25) is 10.2 Å². The van der Waals surface area contributed by atoms with Crippen molar-refractivity contribution < 1.29 is 4.79 Å². The molecule has 1 amide bonds. The van der Waals surface area contributed by atoms with Gasteiger partial charge in [0.25, 0.3) is 0 Å². The first-order valence-corrected chi connectivity index (χ1v) is 5.96. The van der Waals surface area contributed by atoms with E-state index in [0.29, 0.717) is 6.41 Å². The first-order chi connectivity index (χ1) is 9.31. The number of hydrogen-bond acceptors (Lipinski definition) is 3. The summed E-state index contributed by atoms with van der Waals surface area (Å²) in [6, 6.07) is 17.2. The van der Waals surface area contributed by atoms with E-state index in [4.69, 9.17) is 0 Å². The first-order valence-electron chi connectivity index (χ1n) is 5.96. The summed E-state index contributed by atoms with van der Waals surface area (Å²) in [5, 5.41) is 6.98. The van der Waals surface area contributed by atoms with Gasteiger partial charge in [0.05, 0.1) is 11.4 Å². The first kappa shape index (κ1) is 12.8. The molecule has 0 unspecified atom stereocenters. The number of carbonyl (C=O) groups excluding carboxylic acids is 1. The van der Waals surface area contributed by atoms with Gasteiger partial charge in [-0.2, -0.15) is 5.10 Å². The lowest BCUT2D eigenvalue weighted by molar-refractivity contribution is -0.105. The molecule has 0 spiro atoms. The highest BCUT2D eigenvalue weighted by Gasteiger charge is 2.03. The SMILES string of the molecule is CC(=NNc1ccccc1)c1ccccc1NC=O. The molecule has 2 N–H and O–H groups in total. The molecule has 4 nitrogen and oxygen atoms in total. The average Bonchev–Trinajstić information content (AvgIpc) is 2.47. The summed E-state index contributed by atoms with van der Waals surface area (Å²) in [6.07, 6.45) is 0.663. The van der Waals surface area contributed by atoms with Crippen molar-refractivity contribution in [2.75, 3.05) is 10.7 Å². The Balaban J connectivity index is 2.19. The molecule has 96 valence electrons. The van der Waals surface area contributed by atoms with Crippen LogP contribution in [0.4, 0.5) is 11.4 Å². The number of para-hydroxylation sites is 2. The summed E-state index contributed by atoms with van der Waals surface area (Å²) in [7, 11) is 0. The molecule has 0 bridgehead atoms. The maximum absolute atomic E-state index is 10.6. The molecule has 2 aromatic carbocycles. The van der Waals surface area contributed by atoms with E-state index in [2.05, 4.69) is 15.8 Å². The lowest BCUT2D eigenvalue weighted by Gasteiger charge is -2.08. The van der Waals surface area contributed by atoms with Crippen LogP contribution in [0.1, 0.15) is 12.5 Å². The smallest absolute Gasteiger partial charge is 0.211 e. The van der Waals surface area contributed by atoms with Gasteiger partial charge in [-0.15, -0.1) is 0 Å². The second kappa shape index (κ2) is 6.35. The largest absolute Gasteiger partial charge is 0.328 e. The highest BCUT2D eigenvalue weighted by molar-refractivity contribution is 6.05. The number of carbonyl (C=O) groups is 1. The Morgan fingerprint density at radius 3 is 2.47 bits per heavy atom. The summed E-state index contributed by atoms with van der Waals surface area (Å²) in [5.41, 5.74) is 6.33. The summed E-state index contributed by atoms with van der Waals surface area (Å²) < 4.78 is 0. The minimum Gasteiger partial charge on any atom is -0.328 e. The van der Waals surface area contributed by atoms with Gasteiger partial charge in [0, 0.05) is 11.3 Å². The van der Waals surface area contributed by atoms with Crippen LogP contribution in [0.5, 0.6) is 0 Å². The number of hydrazone groups is 1. The van der Waals surface area contributed by atoms with Crippen molar-refractivity contribution in [3.63, 3.8) is 0 Å². The monoisotopic (exact) mass is 253 g/mol. The molecule has 2 rings (SSSR count). The average molecular weight is 253 g/mol. The number of nitrogens with one attached hydrogen (secondary N) is 2. The third kappa shape index (κ3) is 3.42. The molecular weight excluding hydrogens is 238 g/mol. The summed E-state index contributed by atoms with van der Waals surface area (Å²) >= 11 is 0. The number of rotatable bonds is 5. The number of amides is 1. The molecule has 19 heavy (non-hydrogen) atoms. The highest BCUT2D eigenvalue weighted by Crippen LogP contribution is 2.15. The van der Waals surface area contributed by atoms with Crippen LogP contribution in [0.2, 0.25) is 0 Å². The third-order valence-corrected chi connectivity index (χ3v) is 2.66. The van der Waals surface area contributed by atoms with Crippen LogP contribution in [0.25, 0.3) is 0 Å². The summed E-state index contributed by atoms with van der Waals surface area (Å²) in [4.78, 5) is 10.6. The van der Waals surface area contributed by atoms with Gasteiger partial charge in [0.1, 0.15) is 0 Å². The van der Waals surface area contributed by atoms with Gasteiger partial charge in [0.2, 0.25) is 6.41 Å². The Hall–Kier alpha value is -2.62. The molecule has 0 aromatic heterocycles. The fraction of sp³-hybridized carbons (Fsp3) is 0.0667. The summed E-state index contributed by atoms with van der Waals surface area (Å²) in [6.45, 7) is 1.89. The number of anilines is 2. The molecule has 0 heterocycles. The van der Waals surface area contributed by atoms with Crippen LogP contribution >= 0.6 is 0 Å². The van der Waals surface area contributed by atoms with E-state index in [1.807, 2.05) is 61.5 Å². The van der Waals surface area contributed by atoms with Crippen LogP contribution in [-0.4, -0.2) is 12.1 Å². The fourth-order valence-electron chi connectivity index (χ4n) is 1.71. The van der Waals surface area contributed by atoms with E-state index in [-0.39, 0.29) is 0 Å². The fourth-order valence-corrected chi connectivity index (χ4v) is 1.71. The molecule has 2 aromatic rings. The number of hydrogen-bond donors (Lipinski definition) is 2. The van der Waals surface area contributed by atoms with Crippen LogP contribution in [0.3, 0.4) is 0 Å². The zero-order valence-electron chi connectivity index (χ0n) is 10.6. The van der Waals surface area contributed by atoms with Crippen molar-refractivity contribution in [3.05, 3.63) is 60.2 Å². The van der Waals surface area contributed by atoms with Crippen molar-refractivity contribution in [2.45, 2.75) is 6.92 Å². The molecule has 0 atom stereocenters. The molecule has 0 aliphatic carbocycles. The topological polar surface area (TPSA) is 53.5 Å². The van der Waals surface area contributed by atoms with Crippen molar-refractivity contribution in [1.82, 2.24) is 0 Å². The Morgan fingerprint density at radius 2 is 1.74 bits per heavy atom. The van der Waals surface area contributed by atoms with Crippen LogP contribution in [0.15, 0.2) is 59.7 Å². The molecule has 0 aliphatic rings. The van der Waals surface area contributed by atoms with Crippen molar-refractivity contribution in [1.29, 1.82) is 0 Å². The van der Waals surface area contributed by atoms with E-state index >= 15 is 0 Å². The maximum atomic E-state index is 10.6. The Morgan fingerprint density at radius 1 is 1.05 bits per heavy atom. The van der Waals surface area contributed by atoms with Crippen LogP contribution in [-0.2, 0) is 4.79 Å². The predicted octanol–water partition coefficient (Wildman–Crippen LogP) is 3.09. The molecule has 0 fully saturated rings. The standard InChI is InChI=1S/C15H15N3O/c1-12(17-18-13-7-3-2-4-8-13)14-9-5-6-10-15(14)16-11-19/h2-11,18H,1H3,(H,16,19). The summed E-state index contributed by atoms with van der Waals surface area (Å²) in [5.74, 6) is 0. The van der Waals surface area contributed by atoms with Crippen LogP contribution < -0.4 is 10.7 Å². The number of nitrogens with zero attached hydrogens (tertiary/aromatic N) is 1. The Kier molecular flexibility index (Phi) is 4.29. The molecule has 0 aliphatic heterocycles.